The van der Waals surface area contributed by atoms with Gasteiger partial charge in [-0.25, -0.2) is 0 Å². The molecule has 0 radical (unpaired) electrons. The second kappa shape index (κ2) is 9.10. The van der Waals surface area contributed by atoms with Gasteiger partial charge in [0.25, 0.3) is 5.91 Å². The van der Waals surface area contributed by atoms with Crippen LogP contribution < -0.4 is 5.73 Å². The Morgan fingerprint density at radius 3 is 2.51 bits per heavy atom. The molecule has 37 heavy (non-hydrogen) atoms. The smallest absolute Gasteiger partial charge is 0.255 e. The van der Waals surface area contributed by atoms with Crippen molar-refractivity contribution >= 4 is 28.2 Å². The number of primary amides is 1. The Balaban J connectivity index is 1.63. The van der Waals surface area contributed by atoms with Crippen LogP contribution in [0, 0.1) is 5.92 Å². The summed E-state index contributed by atoms with van der Waals surface area (Å²) in [5.74, 6) is -6.11. The lowest BCUT2D eigenvalue weighted by Crippen LogP contribution is -2.67. The molecule has 1 amide bonds. The standard InChI is InChI=1S/C26H29N3O8/c1-37-10-9-28-5-7-29(8-6-28)20-15-12-14-11-13-3-2-4-16(30)17(13)21(31)18(14)23(33)26(15,36)24(34)19(22(20)32)25(27)35/h2-4,11,15,20,30-31,34,36H,5-10,12H2,1H3,(H2,27,35). The molecule has 5 rings (SSSR count). The predicted octanol–water partition coefficient (Wildman–Crippen LogP) is -0.150. The first-order valence-corrected chi connectivity index (χ1v) is 12.1. The fraction of sp³-hybridized carbons (Fsp3) is 0.423. The van der Waals surface area contributed by atoms with E-state index in [1.165, 1.54) is 6.07 Å². The number of piperazine rings is 1. The molecule has 6 N–H and O–H groups in total. The van der Waals surface area contributed by atoms with Crippen LogP contribution in [0.2, 0.25) is 0 Å². The van der Waals surface area contributed by atoms with Crippen LogP contribution in [0.3, 0.4) is 0 Å². The zero-order valence-corrected chi connectivity index (χ0v) is 20.3. The van der Waals surface area contributed by atoms with E-state index < -0.39 is 52.1 Å². The predicted molar refractivity (Wildman–Crippen MR) is 131 cm³/mol. The molecule has 3 unspecified atom stereocenters. The van der Waals surface area contributed by atoms with Crippen molar-refractivity contribution in [1.29, 1.82) is 0 Å². The number of amides is 1. The molecule has 1 heterocycles. The fourth-order valence-corrected chi connectivity index (χ4v) is 6.04. The highest BCUT2D eigenvalue weighted by molar-refractivity contribution is 6.25. The van der Waals surface area contributed by atoms with Gasteiger partial charge in [0.1, 0.15) is 22.8 Å². The Kier molecular flexibility index (Phi) is 6.19. The Morgan fingerprint density at radius 2 is 1.86 bits per heavy atom. The number of ether oxygens (including phenoxy) is 1. The lowest BCUT2D eigenvalue weighted by atomic mass is 9.61. The number of rotatable bonds is 5. The SMILES string of the molecule is COCCN1CCN(C2C(=O)C(C(N)=O)=C(O)C3(O)C(=O)c4c(cc5cccc(O)c5c4O)CC23)CC1. The van der Waals surface area contributed by atoms with Crippen LogP contribution in [0.5, 0.6) is 11.5 Å². The summed E-state index contributed by atoms with van der Waals surface area (Å²) in [5, 5.41) is 44.6. The molecule has 2 aromatic rings. The number of carbonyl (C=O) groups is 3. The minimum Gasteiger partial charge on any atom is -0.508 e. The second-order valence-corrected chi connectivity index (χ2v) is 9.81. The summed E-state index contributed by atoms with van der Waals surface area (Å²) in [5.41, 5.74) is 2.04. The molecule has 1 fully saturated rings. The third kappa shape index (κ3) is 3.69. The number of nitrogens with zero attached hydrogens (tertiary/aromatic N) is 2. The molecule has 3 atom stereocenters. The van der Waals surface area contributed by atoms with Gasteiger partial charge in [0.2, 0.25) is 5.78 Å². The van der Waals surface area contributed by atoms with E-state index in [2.05, 4.69) is 4.90 Å². The number of ketones is 2. The number of phenols is 2. The van der Waals surface area contributed by atoms with Crippen LogP contribution in [0.4, 0.5) is 0 Å². The Bertz CT molecular complexity index is 1350. The van der Waals surface area contributed by atoms with Gasteiger partial charge in [0.05, 0.1) is 23.6 Å². The lowest BCUT2D eigenvalue weighted by Gasteiger charge is -2.50. The van der Waals surface area contributed by atoms with Gasteiger partial charge in [0.15, 0.2) is 11.4 Å². The topological polar surface area (TPSA) is 174 Å². The molecule has 1 saturated heterocycles. The second-order valence-electron chi connectivity index (χ2n) is 9.81. The molecular weight excluding hydrogens is 482 g/mol. The first-order chi connectivity index (χ1) is 17.6. The van der Waals surface area contributed by atoms with Crippen LogP contribution in [0.15, 0.2) is 35.6 Å². The zero-order valence-electron chi connectivity index (χ0n) is 20.3. The van der Waals surface area contributed by atoms with Gasteiger partial charge >= 0.3 is 0 Å². The summed E-state index contributed by atoms with van der Waals surface area (Å²) in [4.78, 5) is 43.6. The number of benzene rings is 2. The molecule has 196 valence electrons. The van der Waals surface area contributed by atoms with Crippen molar-refractivity contribution in [2.24, 2.45) is 11.7 Å². The minimum absolute atomic E-state index is 0.0193. The number of hydrogen-bond acceptors (Lipinski definition) is 10. The van der Waals surface area contributed by atoms with Crippen molar-refractivity contribution in [1.82, 2.24) is 9.80 Å². The summed E-state index contributed by atoms with van der Waals surface area (Å²) in [6, 6.07) is 5.12. The molecule has 0 aromatic heterocycles. The molecular formula is C26H29N3O8. The van der Waals surface area contributed by atoms with Crippen molar-refractivity contribution < 1.29 is 39.5 Å². The van der Waals surface area contributed by atoms with Gasteiger partial charge in [0, 0.05) is 45.8 Å². The Labute approximate surface area is 212 Å². The number of methoxy groups -OCH3 is 1. The van der Waals surface area contributed by atoms with Gasteiger partial charge in [-0.3, -0.25) is 24.2 Å². The molecule has 2 aromatic carbocycles. The summed E-state index contributed by atoms with van der Waals surface area (Å²) >= 11 is 0. The number of aliphatic hydroxyl groups is 2. The summed E-state index contributed by atoms with van der Waals surface area (Å²) in [6.07, 6.45) is -0.0485. The fourth-order valence-electron chi connectivity index (χ4n) is 6.04. The van der Waals surface area contributed by atoms with E-state index in [0.29, 0.717) is 50.3 Å². The number of fused-ring (bicyclic) bond motifs is 3. The molecule has 1 aliphatic heterocycles. The first kappa shape index (κ1) is 25.2. The summed E-state index contributed by atoms with van der Waals surface area (Å²) in [7, 11) is 1.61. The van der Waals surface area contributed by atoms with Crippen LogP contribution in [0.1, 0.15) is 15.9 Å². The molecule has 0 bridgehead atoms. The monoisotopic (exact) mass is 511 g/mol. The van der Waals surface area contributed by atoms with Crippen molar-refractivity contribution in [2.45, 2.75) is 18.1 Å². The normalized spacial score (nSPS) is 26.9. The highest BCUT2D eigenvalue weighted by atomic mass is 16.5. The van der Waals surface area contributed by atoms with Crippen molar-refractivity contribution in [3.05, 3.63) is 46.7 Å². The van der Waals surface area contributed by atoms with Gasteiger partial charge in [-0.2, -0.15) is 0 Å². The van der Waals surface area contributed by atoms with E-state index in [-0.39, 0.29) is 23.1 Å². The number of carbonyl (C=O) groups excluding carboxylic acids is 3. The number of aliphatic hydroxyl groups excluding tert-OH is 1. The molecule has 11 heteroatoms. The quantitative estimate of drug-likeness (QED) is 0.340. The van der Waals surface area contributed by atoms with Crippen LogP contribution in [0.25, 0.3) is 10.8 Å². The highest BCUT2D eigenvalue weighted by Crippen LogP contribution is 2.49. The molecule has 3 aliphatic rings. The van der Waals surface area contributed by atoms with E-state index >= 15 is 0 Å². The molecule has 0 spiro atoms. The number of aromatic hydroxyl groups is 2. The van der Waals surface area contributed by atoms with Crippen molar-refractivity contribution in [2.75, 3.05) is 46.4 Å². The Morgan fingerprint density at radius 1 is 1.16 bits per heavy atom. The van der Waals surface area contributed by atoms with Gasteiger partial charge in [-0.1, -0.05) is 18.2 Å². The van der Waals surface area contributed by atoms with E-state index in [9.17, 15) is 34.8 Å². The van der Waals surface area contributed by atoms with E-state index in [1.807, 2.05) is 4.90 Å². The van der Waals surface area contributed by atoms with Crippen molar-refractivity contribution in [3.63, 3.8) is 0 Å². The third-order valence-corrected chi connectivity index (χ3v) is 7.90. The van der Waals surface area contributed by atoms with Crippen LogP contribution in [-0.4, -0.2) is 106 Å². The van der Waals surface area contributed by atoms with Gasteiger partial charge < -0.3 is 30.9 Å². The van der Waals surface area contributed by atoms with Gasteiger partial charge in [-0.05, 0) is 23.4 Å². The largest absolute Gasteiger partial charge is 0.508 e. The minimum atomic E-state index is -2.67. The molecule has 11 nitrogen and oxygen atoms in total. The number of nitrogens with two attached hydrogens (primary N) is 1. The van der Waals surface area contributed by atoms with E-state index in [4.69, 9.17) is 10.5 Å². The zero-order chi connectivity index (χ0) is 26.6. The average molecular weight is 512 g/mol. The number of Topliss-reactive ketones (excluding diaryl/α,β-unsaturated/α-hetero) is 2. The van der Waals surface area contributed by atoms with E-state index in [0.717, 1.165) is 0 Å². The summed E-state index contributed by atoms with van der Waals surface area (Å²) < 4.78 is 5.13. The van der Waals surface area contributed by atoms with Crippen molar-refractivity contribution in [3.8, 4) is 11.5 Å². The number of phenolic OH excluding ortho intramolecular Hbond substituents is 2. The lowest BCUT2D eigenvalue weighted by molar-refractivity contribution is -0.134. The molecule has 0 saturated carbocycles. The number of hydrogen-bond donors (Lipinski definition) is 5. The van der Waals surface area contributed by atoms with Gasteiger partial charge in [-0.15, -0.1) is 0 Å². The van der Waals surface area contributed by atoms with E-state index in [1.54, 1.807) is 25.3 Å². The highest BCUT2D eigenvalue weighted by Gasteiger charge is 2.62. The van der Waals surface area contributed by atoms with Crippen LogP contribution >= 0.6 is 0 Å². The summed E-state index contributed by atoms with van der Waals surface area (Å²) in [6.45, 7) is 3.26. The van der Waals surface area contributed by atoms with Crippen LogP contribution in [-0.2, 0) is 20.7 Å². The maximum Gasteiger partial charge on any atom is 0.255 e. The molecule has 2 aliphatic carbocycles. The maximum atomic E-state index is 13.8. The maximum absolute atomic E-state index is 13.8. The average Bonchev–Trinajstić information content (AvgIpc) is 2.85. The third-order valence-electron chi connectivity index (χ3n) is 7.90. The Hall–Kier alpha value is -3.51. The first-order valence-electron chi connectivity index (χ1n) is 12.1.